The number of hydrogen-bond donors (Lipinski definition) is 1. The maximum absolute atomic E-state index is 5.78. The molecule has 0 bridgehead atoms. The molecule has 98 valence electrons. The lowest BCUT2D eigenvalue weighted by atomic mass is 10.1. The van der Waals surface area contributed by atoms with Crippen molar-refractivity contribution in [3.05, 3.63) is 10.6 Å². The highest BCUT2D eigenvalue weighted by Gasteiger charge is 2.15. The topological polar surface area (TPSA) is 42.2 Å². The van der Waals surface area contributed by atoms with Gasteiger partial charge in [-0.15, -0.1) is 11.3 Å². The predicted octanol–water partition coefficient (Wildman–Crippen LogP) is 3.35. The molecule has 0 spiro atoms. The van der Waals surface area contributed by atoms with Gasteiger partial charge in [-0.1, -0.05) is 33.6 Å². The van der Waals surface area contributed by atoms with Crippen molar-refractivity contribution in [3.63, 3.8) is 0 Å². The Kier molecular flexibility index (Phi) is 5.92. The summed E-state index contributed by atoms with van der Waals surface area (Å²) in [6.07, 6.45) is 3.79. The van der Waals surface area contributed by atoms with Crippen LogP contribution in [-0.4, -0.2) is 18.6 Å². The van der Waals surface area contributed by atoms with E-state index in [4.69, 9.17) is 10.7 Å². The van der Waals surface area contributed by atoms with Gasteiger partial charge in [-0.05, 0) is 12.3 Å². The van der Waals surface area contributed by atoms with Crippen LogP contribution < -0.4 is 10.6 Å². The maximum atomic E-state index is 5.78. The first kappa shape index (κ1) is 14.5. The Bertz CT molecular complexity index is 333. The van der Waals surface area contributed by atoms with Crippen LogP contribution in [0.5, 0.6) is 0 Å². The molecular formula is C13H25N3S. The van der Waals surface area contributed by atoms with Gasteiger partial charge in [0.2, 0.25) is 0 Å². The maximum Gasteiger partial charge on any atom is 0.185 e. The van der Waals surface area contributed by atoms with Crippen LogP contribution in [0.1, 0.15) is 56.5 Å². The molecule has 1 heterocycles. The van der Waals surface area contributed by atoms with Crippen LogP contribution in [-0.2, 0) is 6.54 Å². The van der Waals surface area contributed by atoms with Gasteiger partial charge in [0.05, 0.1) is 5.69 Å². The van der Waals surface area contributed by atoms with Crippen LogP contribution in [0.2, 0.25) is 0 Å². The molecule has 4 heteroatoms. The summed E-state index contributed by atoms with van der Waals surface area (Å²) in [6.45, 7) is 8.27. The quantitative estimate of drug-likeness (QED) is 0.760. The lowest BCUT2D eigenvalue weighted by Gasteiger charge is -2.15. The molecule has 1 aromatic rings. The van der Waals surface area contributed by atoms with E-state index < -0.39 is 0 Å². The zero-order valence-corrected chi connectivity index (χ0v) is 12.3. The Labute approximate surface area is 109 Å². The Hall–Kier alpha value is -0.610. The molecule has 0 aliphatic heterocycles. The van der Waals surface area contributed by atoms with Crippen molar-refractivity contribution in [1.82, 2.24) is 4.98 Å². The molecule has 17 heavy (non-hydrogen) atoms. The number of unbranched alkanes of at least 4 members (excludes halogenated alkanes) is 2. The zero-order chi connectivity index (χ0) is 12.8. The predicted molar refractivity (Wildman–Crippen MR) is 76.9 cm³/mol. The second-order valence-corrected chi connectivity index (χ2v) is 5.85. The molecule has 1 aromatic heterocycles. The van der Waals surface area contributed by atoms with Gasteiger partial charge in [0.1, 0.15) is 0 Å². The van der Waals surface area contributed by atoms with Crippen LogP contribution in [0.4, 0.5) is 5.13 Å². The number of rotatable bonds is 7. The highest BCUT2D eigenvalue weighted by Crippen LogP contribution is 2.29. The molecule has 0 aliphatic rings. The second kappa shape index (κ2) is 6.97. The Balaban J connectivity index is 2.70. The molecule has 0 fully saturated rings. The minimum atomic E-state index is 0.461. The average molecular weight is 255 g/mol. The molecule has 2 N–H and O–H groups in total. The van der Waals surface area contributed by atoms with Gasteiger partial charge in [0.25, 0.3) is 0 Å². The zero-order valence-electron chi connectivity index (χ0n) is 11.5. The van der Waals surface area contributed by atoms with Crippen molar-refractivity contribution in [2.45, 2.75) is 52.5 Å². The Morgan fingerprint density at radius 3 is 2.53 bits per heavy atom. The number of hydrogen-bond acceptors (Lipinski definition) is 4. The number of anilines is 1. The third-order valence-corrected chi connectivity index (χ3v) is 4.08. The second-order valence-electron chi connectivity index (χ2n) is 4.79. The van der Waals surface area contributed by atoms with Gasteiger partial charge < -0.3 is 10.6 Å². The number of aromatic nitrogens is 1. The number of nitrogens with zero attached hydrogens (tertiary/aromatic N) is 2. The summed E-state index contributed by atoms with van der Waals surface area (Å²) in [5.41, 5.74) is 6.95. The fourth-order valence-corrected chi connectivity index (χ4v) is 2.89. The number of nitrogens with two attached hydrogens (primary N) is 1. The van der Waals surface area contributed by atoms with Gasteiger partial charge in [-0.3, -0.25) is 0 Å². The first-order valence-corrected chi connectivity index (χ1v) is 7.32. The monoisotopic (exact) mass is 255 g/mol. The molecule has 0 aliphatic carbocycles. The summed E-state index contributed by atoms with van der Waals surface area (Å²) in [5, 5.41) is 1.12. The van der Waals surface area contributed by atoms with Gasteiger partial charge in [-0.25, -0.2) is 4.98 Å². The first-order chi connectivity index (χ1) is 8.10. The van der Waals surface area contributed by atoms with Gasteiger partial charge in [0.15, 0.2) is 5.13 Å². The Morgan fingerprint density at radius 2 is 2.06 bits per heavy atom. The molecule has 0 radical (unpaired) electrons. The van der Waals surface area contributed by atoms with Crippen molar-refractivity contribution < 1.29 is 0 Å². The Morgan fingerprint density at radius 1 is 1.35 bits per heavy atom. The molecule has 0 unspecified atom stereocenters. The highest BCUT2D eigenvalue weighted by atomic mass is 32.1. The van der Waals surface area contributed by atoms with Crippen LogP contribution in [0, 0.1) is 0 Å². The molecule has 0 amide bonds. The van der Waals surface area contributed by atoms with Crippen molar-refractivity contribution in [3.8, 4) is 0 Å². The summed E-state index contributed by atoms with van der Waals surface area (Å²) in [4.78, 5) is 8.21. The van der Waals surface area contributed by atoms with E-state index in [1.54, 1.807) is 11.3 Å². The largest absolute Gasteiger partial charge is 0.351 e. The molecule has 0 aromatic carbocycles. The molecular weight excluding hydrogens is 230 g/mol. The fraction of sp³-hybridized carbons (Fsp3) is 0.769. The van der Waals surface area contributed by atoms with Gasteiger partial charge in [-0.2, -0.15) is 0 Å². The lowest BCUT2D eigenvalue weighted by molar-refractivity contribution is 0.702. The van der Waals surface area contributed by atoms with E-state index in [2.05, 4.69) is 32.7 Å². The molecule has 0 atom stereocenters. The summed E-state index contributed by atoms with van der Waals surface area (Å²) in [6, 6.07) is 0. The van der Waals surface area contributed by atoms with Crippen molar-refractivity contribution in [2.24, 2.45) is 5.73 Å². The smallest absolute Gasteiger partial charge is 0.185 e. The highest BCUT2D eigenvalue weighted by molar-refractivity contribution is 7.15. The van der Waals surface area contributed by atoms with Crippen LogP contribution >= 0.6 is 11.3 Å². The molecule has 3 nitrogen and oxygen atoms in total. The van der Waals surface area contributed by atoms with Crippen LogP contribution in [0.15, 0.2) is 0 Å². The molecule has 1 rings (SSSR count). The average Bonchev–Trinajstić information content (AvgIpc) is 2.73. The summed E-state index contributed by atoms with van der Waals surface area (Å²) >= 11 is 1.74. The van der Waals surface area contributed by atoms with Gasteiger partial charge >= 0.3 is 0 Å². The normalized spacial score (nSPS) is 11.2. The van der Waals surface area contributed by atoms with E-state index in [1.165, 1.54) is 29.8 Å². The van der Waals surface area contributed by atoms with E-state index in [9.17, 15) is 0 Å². The standard InChI is InChI=1S/C13H25N3S/c1-5-6-7-8-16(4)13-15-12(10(2)3)11(9-14)17-13/h10H,5-9,14H2,1-4H3. The van der Waals surface area contributed by atoms with E-state index >= 15 is 0 Å². The van der Waals surface area contributed by atoms with Crippen LogP contribution in [0.3, 0.4) is 0 Å². The van der Waals surface area contributed by atoms with E-state index in [0.717, 1.165) is 11.7 Å². The summed E-state index contributed by atoms with van der Waals surface area (Å²) < 4.78 is 0. The lowest BCUT2D eigenvalue weighted by Crippen LogP contribution is -2.18. The SMILES string of the molecule is CCCCCN(C)c1nc(C(C)C)c(CN)s1. The van der Waals surface area contributed by atoms with Crippen molar-refractivity contribution in [1.29, 1.82) is 0 Å². The van der Waals surface area contributed by atoms with Gasteiger partial charge in [0, 0.05) is 25.0 Å². The summed E-state index contributed by atoms with van der Waals surface area (Å²) in [5.74, 6) is 0.461. The minimum absolute atomic E-state index is 0.461. The summed E-state index contributed by atoms with van der Waals surface area (Å²) in [7, 11) is 2.12. The first-order valence-electron chi connectivity index (χ1n) is 6.50. The third-order valence-electron chi connectivity index (χ3n) is 2.87. The fourth-order valence-electron chi connectivity index (χ4n) is 1.81. The van der Waals surface area contributed by atoms with E-state index in [-0.39, 0.29) is 0 Å². The number of thiazole rings is 1. The van der Waals surface area contributed by atoms with Crippen molar-refractivity contribution in [2.75, 3.05) is 18.5 Å². The van der Waals surface area contributed by atoms with E-state index in [1.807, 2.05) is 0 Å². The third kappa shape index (κ3) is 3.96. The van der Waals surface area contributed by atoms with Crippen molar-refractivity contribution >= 4 is 16.5 Å². The molecule has 0 saturated heterocycles. The minimum Gasteiger partial charge on any atom is -0.351 e. The molecule has 0 saturated carbocycles. The van der Waals surface area contributed by atoms with E-state index in [0.29, 0.717) is 12.5 Å². The van der Waals surface area contributed by atoms with Crippen LogP contribution in [0.25, 0.3) is 0 Å².